The second kappa shape index (κ2) is 8.23. The number of nitriles is 1. The number of nitrogens with zero attached hydrogens (tertiary/aromatic N) is 1. The van der Waals surface area contributed by atoms with Crippen molar-refractivity contribution in [1.82, 2.24) is 0 Å². The summed E-state index contributed by atoms with van der Waals surface area (Å²) < 4.78 is 61.9. The first-order chi connectivity index (χ1) is 13.9. The van der Waals surface area contributed by atoms with Crippen LogP contribution in [0.25, 0.3) is 11.1 Å². The Morgan fingerprint density at radius 3 is 2.28 bits per heavy atom. The standard InChI is InChI=1S/C22H15F4NO2/c1-2-12-3-5-13(6-4-12)19-17(28)9-16(23)15(21(19)25)11-29-18-8-7-14(10-27)20(24)22(18)26/h3-9,28H,2,11H2,1H3. The predicted molar refractivity (Wildman–Crippen MR) is 98.2 cm³/mol. The lowest BCUT2D eigenvalue weighted by atomic mass is 9.99. The number of phenols is 1. The summed E-state index contributed by atoms with van der Waals surface area (Å²) in [6, 6.07) is 10.9. The van der Waals surface area contributed by atoms with Crippen LogP contribution in [0.1, 0.15) is 23.6 Å². The number of aromatic hydroxyl groups is 1. The Labute approximate surface area is 164 Å². The molecule has 3 rings (SSSR count). The highest BCUT2D eigenvalue weighted by molar-refractivity contribution is 5.72. The highest BCUT2D eigenvalue weighted by Crippen LogP contribution is 2.36. The van der Waals surface area contributed by atoms with Crippen molar-refractivity contribution in [1.29, 1.82) is 5.26 Å². The fourth-order valence-corrected chi connectivity index (χ4v) is 2.84. The fraction of sp³-hybridized carbons (Fsp3) is 0.136. The van der Waals surface area contributed by atoms with Crippen molar-refractivity contribution in [2.24, 2.45) is 0 Å². The first kappa shape index (κ1) is 20.2. The molecule has 0 radical (unpaired) electrons. The SMILES string of the molecule is CCc1ccc(-c2c(O)cc(F)c(COc3ccc(C#N)c(F)c3F)c2F)cc1. The van der Waals surface area contributed by atoms with Crippen LogP contribution in [0.2, 0.25) is 0 Å². The maximum atomic E-state index is 15.0. The molecule has 0 saturated carbocycles. The summed E-state index contributed by atoms with van der Waals surface area (Å²) in [6.45, 7) is 1.20. The molecule has 0 aliphatic rings. The van der Waals surface area contributed by atoms with Gasteiger partial charge in [-0.15, -0.1) is 0 Å². The van der Waals surface area contributed by atoms with E-state index >= 15 is 0 Å². The van der Waals surface area contributed by atoms with Crippen LogP contribution in [-0.4, -0.2) is 5.11 Å². The number of rotatable bonds is 5. The van der Waals surface area contributed by atoms with Gasteiger partial charge in [-0.1, -0.05) is 31.2 Å². The molecule has 3 aromatic carbocycles. The maximum absolute atomic E-state index is 15.0. The summed E-state index contributed by atoms with van der Waals surface area (Å²) in [6.07, 6.45) is 0.768. The monoisotopic (exact) mass is 401 g/mol. The Hall–Kier alpha value is -3.53. The zero-order chi connectivity index (χ0) is 21.1. The van der Waals surface area contributed by atoms with Gasteiger partial charge in [0.2, 0.25) is 5.82 Å². The second-order valence-corrected chi connectivity index (χ2v) is 6.24. The fourth-order valence-electron chi connectivity index (χ4n) is 2.84. The molecule has 0 heterocycles. The van der Waals surface area contributed by atoms with Gasteiger partial charge in [-0.25, -0.2) is 13.2 Å². The topological polar surface area (TPSA) is 53.2 Å². The van der Waals surface area contributed by atoms with Gasteiger partial charge in [0.25, 0.3) is 0 Å². The molecule has 148 valence electrons. The van der Waals surface area contributed by atoms with Gasteiger partial charge in [-0.2, -0.15) is 9.65 Å². The lowest BCUT2D eigenvalue weighted by Gasteiger charge is -2.14. The van der Waals surface area contributed by atoms with Gasteiger partial charge in [0, 0.05) is 6.07 Å². The van der Waals surface area contributed by atoms with Crippen LogP contribution in [0.4, 0.5) is 17.6 Å². The van der Waals surface area contributed by atoms with Gasteiger partial charge in [-0.3, -0.25) is 0 Å². The maximum Gasteiger partial charge on any atom is 0.202 e. The Kier molecular flexibility index (Phi) is 5.74. The van der Waals surface area contributed by atoms with Gasteiger partial charge in [0.1, 0.15) is 30.1 Å². The number of hydrogen-bond donors (Lipinski definition) is 1. The molecule has 0 bridgehead atoms. The summed E-state index contributed by atoms with van der Waals surface area (Å²) in [7, 11) is 0. The molecule has 0 spiro atoms. The Morgan fingerprint density at radius 2 is 1.66 bits per heavy atom. The summed E-state index contributed by atoms with van der Waals surface area (Å²) in [4.78, 5) is 0. The van der Waals surface area contributed by atoms with Crippen molar-refractivity contribution in [2.45, 2.75) is 20.0 Å². The molecule has 3 aromatic rings. The van der Waals surface area contributed by atoms with Crippen molar-refractivity contribution >= 4 is 0 Å². The minimum atomic E-state index is -1.43. The van der Waals surface area contributed by atoms with Crippen molar-refractivity contribution in [3.63, 3.8) is 0 Å². The number of ether oxygens (including phenoxy) is 1. The molecule has 0 aliphatic heterocycles. The zero-order valence-electron chi connectivity index (χ0n) is 15.3. The molecule has 0 amide bonds. The van der Waals surface area contributed by atoms with Gasteiger partial charge in [0.15, 0.2) is 11.6 Å². The Bertz CT molecular complexity index is 1110. The number of halogens is 4. The molecule has 0 unspecified atom stereocenters. The molecular formula is C22H15F4NO2. The zero-order valence-corrected chi connectivity index (χ0v) is 15.3. The number of hydrogen-bond acceptors (Lipinski definition) is 3. The van der Waals surface area contributed by atoms with Gasteiger partial charge in [-0.05, 0) is 29.7 Å². The summed E-state index contributed by atoms with van der Waals surface area (Å²) in [5.41, 5.74) is 0.0296. The van der Waals surface area contributed by atoms with Crippen molar-refractivity contribution in [3.8, 4) is 28.7 Å². The van der Waals surface area contributed by atoms with Gasteiger partial charge in [0.05, 0.1) is 16.7 Å². The van der Waals surface area contributed by atoms with E-state index in [-0.39, 0.29) is 5.56 Å². The predicted octanol–water partition coefficient (Wildman–Crippen LogP) is 5.63. The van der Waals surface area contributed by atoms with Gasteiger partial charge < -0.3 is 9.84 Å². The smallest absolute Gasteiger partial charge is 0.202 e. The first-order valence-corrected chi connectivity index (χ1v) is 8.67. The van der Waals surface area contributed by atoms with Crippen LogP contribution in [-0.2, 0) is 13.0 Å². The number of benzene rings is 3. The van der Waals surface area contributed by atoms with E-state index in [1.165, 1.54) is 6.07 Å². The third-order valence-electron chi connectivity index (χ3n) is 4.48. The molecule has 0 aromatic heterocycles. The van der Waals surface area contributed by atoms with Crippen LogP contribution in [0, 0.1) is 34.6 Å². The highest BCUT2D eigenvalue weighted by atomic mass is 19.2. The highest BCUT2D eigenvalue weighted by Gasteiger charge is 2.21. The molecule has 0 saturated heterocycles. The Morgan fingerprint density at radius 1 is 0.966 bits per heavy atom. The molecule has 0 fully saturated rings. The molecule has 29 heavy (non-hydrogen) atoms. The van der Waals surface area contributed by atoms with Crippen LogP contribution >= 0.6 is 0 Å². The van der Waals surface area contributed by atoms with Crippen molar-refractivity contribution < 1.29 is 27.4 Å². The summed E-state index contributed by atoms with van der Waals surface area (Å²) in [5, 5.41) is 18.7. The van der Waals surface area contributed by atoms with Crippen LogP contribution in [0.3, 0.4) is 0 Å². The van der Waals surface area contributed by atoms with E-state index in [4.69, 9.17) is 10.00 Å². The third-order valence-corrected chi connectivity index (χ3v) is 4.48. The van der Waals surface area contributed by atoms with Crippen LogP contribution < -0.4 is 4.74 Å². The van der Waals surface area contributed by atoms with E-state index in [0.29, 0.717) is 5.56 Å². The normalized spacial score (nSPS) is 10.6. The molecule has 0 atom stereocenters. The quantitative estimate of drug-likeness (QED) is 0.564. The van der Waals surface area contributed by atoms with E-state index in [9.17, 15) is 22.7 Å². The number of aryl methyl sites for hydroxylation is 1. The minimum absolute atomic E-state index is 0.223. The molecule has 1 N–H and O–H groups in total. The number of phenolic OH excluding ortho intramolecular Hbond substituents is 1. The van der Waals surface area contributed by atoms with E-state index in [1.54, 1.807) is 24.3 Å². The molecular weight excluding hydrogens is 386 g/mol. The van der Waals surface area contributed by atoms with E-state index in [2.05, 4.69) is 0 Å². The lowest BCUT2D eigenvalue weighted by molar-refractivity contribution is 0.273. The molecule has 7 heteroatoms. The van der Waals surface area contributed by atoms with Crippen LogP contribution in [0.15, 0.2) is 42.5 Å². The average molecular weight is 401 g/mol. The largest absolute Gasteiger partial charge is 0.507 e. The Balaban J connectivity index is 1.96. The van der Waals surface area contributed by atoms with Crippen molar-refractivity contribution in [2.75, 3.05) is 0 Å². The minimum Gasteiger partial charge on any atom is -0.507 e. The van der Waals surface area contributed by atoms with E-state index in [1.807, 2.05) is 6.92 Å². The first-order valence-electron chi connectivity index (χ1n) is 8.67. The van der Waals surface area contributed by atoms with Crippen LogP contribution in [0.5, 0.6) is 11.5 Å². The lowest BCUT2D eigenvalue weighted by Crippen LogP contribution is -2.06. The van der Waals surface area contributed by atoms with Gasteiger partial charge >= 0.3 is 0 Å². The summed E-state index contributed by atoms with van der Waals surface area (Å²) >= 11 is 0. The van der Waals surface area contributed by atoms with E-state index < -0.39 is 52.5 Å². The molecule has 0 aliphatic carbocycles. The summed E-state index contributed by atoms with van der Waals surface area (Å²) in [5.74, 6) is -6.19. The van der Waals surface area contributed by atoms with Crippen molar-refractivity contribution in [3.05, 3.63) is 82.4 Å². The third kappa shape index (κ3) is 3.87. The second-order valence-electron chi connectivity index (χ2n) is 6.24. The van der Waals surface area contributed by atoms with E-state index in [0.717, 1.165) is 30.2 Å². The average Bonchev–Trinajstić information content (AvgIpc) is 2.71. The molecule has 3 nitrogen and oxygen atoms in total.